The molecule has 0 bridgehead atoms. The fourth-order valence-corrected chi connectivity index (χ4v) is 2.29. The van der Waals surface area contributed by atoms with Crippen molar-refractivity contribution in [2.24, 2.45) is 11.3 Å². The zero-order valence-corrected chi connectivity index (χ0v) is 10.8. The second-order valence-corrected chi connectivity index (χ2v) is 7.00. The van der Waals surface area contributed by atoms with Crippen LogP contribution in [0.3, 0.4) is 0 Å². The van der Waals surface area contributed by atoms with Gasteiger partial charge in [-0.3, -0.25) is 0 Å². The number of hydrogen-bond acceptors (Lipinski definition) is 0. The maximum absolute atomic E-state index is 6.46. The molecule has 80 valence electrons. The minimum Gasteiger partial charge on any atom is -0.120 e. The van der Waals surface area contributed by atoms with Gasteiger partial charge in [0.1, 0.15) is 0 Å². The first kappa shape index (κ1) is 13.3. The summed E-state index contributed by atoms with van der Waals surface area (Å²) >= 11 is 6.46. The van der Waals surface area contributed by atoms with Gasteiger partial charge < -0.3 is 0 Å². The Bertz CT molecular complexity index is 140. The largest absolute Gasteiger partial charge is 0.120 e. The monoisotopic (exact) mass is 204 g/mol. The van der Waals surface area contributed by atoms with Crippen molar-refractivity contribution in [2.75, 3.05) is 0 Å². The zero-order chi connectivity index (χ0) is 10.7. The van der Waals surface area contributed by atoms with Crippen LogP contribution in [0.25, 0.3) is 0 Å². The third kappa shape index (κ3) is 8.62. The number of rotatable bonds is 4. The van der Waals surface area contributed by atoms with Crippen molar-refractivity contribution in [2.45, 2.75) is 65.7 Å². The fourth-order valence-electron chi connectivity index (χ4n) is 1.78. The molecule has 0 saturated heterocycles. The van der Waals surface area contributed by atoms with Crippen LogP contribution in [0, 0.1) is 11.3 Å². The van der Waals surface area contributed by atoms with Crippen molar-refractivity contribution >= 4 is 11.6 Å². The lowest BCUT2D eigenvalue weighted by molar-refractivity contribution is 0.304. The van der Waals surface area contributed by atoms with Crippen LogP contribution in [0.1, 0.15) is 60.8 Å². The molecule has 0 saturated carbocycles. The highest BCUT2D eigenvalue weighted by molar-refractivity contribution is 6.23. The predicted molar refractivity (Wildman–Crippen MR) is 62.4 cm³/mol. The Kier molecular flexibility index (Phi) is 4.79. The topological polar surface area (TPSA) is 0 Å². The second-order valence-electron chi connectivity index (χ2n) is 6.08. The van der Waals surface area contributed by atoms with Crippen LogP contribution in [0.5, 0.6) is 0 Å². The SMILES string of the molecule is CC(C)CCC(C)(Cl)CC(C)(C)C. The van der Waals surface area contributed by atoms with Crippen molar-refractivity contribution in [3.05, 3.63) is 0 Å². The molecule has 0 aromatic carbocycles. The lowest BCUT2D eigenvalue weighted by Gasteiger charge is -2.30. The Hall–Kier alpha value is 0.290. The van der Waals surface area contributed by atoms with Crippen LogP contribution >= 0.6 is 11.6 Å². The van der Waals surface area contributed by atoms with Gasteiger partial charge in [0.15, 0.2) is 0 Å². The van der Waals surface area contributed by atoms with E-state index >= 15 is 0 Å². The summed E-state index contributed by atoms with van der Waals surface area (Å²) in [5, 5.41) is 0. The summed E-state index contributed by atoms with van der Waals surface area (Å²) in [5.74, 6) is 0.762. The Labute approximate surface area is 89.1 Å². The number of halogens is 1. The van der Waals surface area contributed by atoms with Gasteiger partial charge in [-0.2, -0.15) is 0 Å². The Morgan fingerprint density at radius 2 is 1.54 bits per heavy atom. The first-order chi connectivity index (χ1) is 5.62. The van der Waals surface area contributed by atoms with Gasteiger partial charge in [-0.25, -0.2) is 0 Å². The quantitative estimate of drug-likeness (QED) is 0.574. The summed E-state index contributed by atoms with van der Waals surface area (Å²) in [7, 11) is 0. The van der Waals surface area contributed by atoms with Gasteiger partial charge in [0.25, 0.3) is 0 Å². The molecule has 0 aliphatic carbocycles. The van der Waals surface area contributed by atoms with E-state index in [9.17, 15) is 0 Å². The van der Waals surface area contributed by atoms with Crippen LogP contribution < -0.4 is 0 Å². The van der Waals surface area contributed by atoms with Gasteiger partial charge in [-0.05, 0) is 37.5 Å². The molecule has 1 atom stereocenters. The van der Waals surface area contributed by atoms with Crippen molar-refractivity contribution in [3.8, 4) is 0 Å². The normalized spacial score (nSPS) is 17.5. The van der Waals surface area contributed by atoms with Gasteiger partial charge in [0, 0.05) is 4.87 Å². The molecular formula is C12H25Cl. The van der Waals surface area contributed by atoms with Crippen molar-refractivity contribution in [3.63, 3.8) is 0 Å². The highest BCUT2D eigenvalue weighted by Gasteiger charge is 2.27. The summed E-state index contributed by atoms with van der Waals surface area (Å²) in [6.07, 6.45) is 3.45. The third-order valence-corrected chi connectivity index (χ3v) is 2.46. The molecule has 13 heavy (non-hydrogen) atoms. The summed E-state index contributed by atoms with van der Waals surface area (Å²) in [6, 6.07) is 0. The Morgan fingerprint density at radius 1 is 1.08 bits per heavy atom. The van der Waals surface area contributed by atoms with Crippen LogP contribution in [0.4, 0.5) is 0 Å². The summed E-state index contributed by atoms with van der Waals surface area (Å²) in [5.41, 5.74) is 0.341. The average Bonchev–Trinajstić information content (AvgIpc) is 1.78. The van der Waals surface area contributed by atoms with E-state index in [4.69, 9.17) is 11.6 Å². The maximum atomic E-state index is 6.46. The minimum atomic E-state index is -0.0114. The van der Waals surface area contributed by atoms with Gasteiger partial charge in [-0.1, -0.05) is 34.6 Å². The zero-order valence-electron chi connectivity index (χ0n) is 10.1. The number of alkyl halides is 1. The van der Waals surface area contributed by atoms with E-state index in [-0.39, 0.29) is 4.87 Å². The van der Waals surface area contributed by atoms with Gasteiger partial charge >= 0.3 is 0 Å². The van der Waals surface area contributed by atoms with E-state index in [2.05, 4.69) is 41.5 Å². The van der Waals surface area contributed by atoms with E-state index in [1.54, 1.807) is 0 Å². The second kappa shape index (κ2) is 4.68. The molecule has 0 aromatic heterocycles. The lowest BCUT2D eigenvalue weighted by atomic mass is 9.82. The van der Waals surface area contributed by atoms with E-state index in [1.807, 2.05) is 0 Å². The van der Waals surface area contributed by atoms with E-state index in [1.165, 1.54) is 6.42 Å². The standard InChI is InChI=1S/C12H25Cl/c1-10(2)7-8-12(6,13)9-11(3,4)5/h10H,7-9H2,1-6H3. The van der Waals surface area contributed by atoms with Gasteiger partial charge in [0.05, 0.1) is 0 Å². The highest BCUT2D eigenvalue weighted by Crippen LogP contribution is 2.35. The number of hydrogen-bond donors (Lipinski definition) is 0. The summed E-state index contributed by atoms with van der Waals surface area (Å²) < 4.78 is 0. The highest BCUT2D eigenvalue weighted by atomic mass is 35.5. The Balaban J connectivity index is 3.94. The van der Waals surface area contributed by atoms with E-state index in [0.29, 0.717) is 5.41 Å². The molecule has 0 fully saturated rings. The molecule has 0 aliphatic heterocycles. The van der Waals surface area contributed by atoms with E-state index in [0.717, 1.165) is 18.8 Å². The van der Waals surface area contributed by atoms with Crippen molar-refractivity contribution < 1.29 is 0 Å². The molecule has 1 heteroatoms. The third-order valence-electron chi connectivity index (χ3n) is 2.14. The molecule has 0 aromatic rings. The van der Waals surface area contributed by atoms with Crippen LogP contribution in [0.15, 0.2) is 0 Å². The first-order valence-electron chi connectivity index (χ1n) is 5.31. The van der Waals surface area contributed by atoms with Gasteiger partial charge in [0.2, 0.25) is 0 Å². The molecule has 0 amide bonds. The smallest absolute Gasteiger partial charge is 0.0423 e. The fraction of sp³-hybridized carbons (Fsp3) is 1.00. The molecular weight excluding hydrogens is 180 g/mol. The maximum Gasteiger partial charge on any atom is 0.0423 e. The molecule has 1 unspecified atom stereocenters. The van der Waals surface area contributed by atoms with Crippen molar-refractivity contribution in [1.82, 2.24) is 0 Å². The lowest BCUT2D eigenvalue weighted by Crippen LogP contribution is -2.24. The average molecular weight is 205 g/mol. The first-order valence-corrected chi connectivity index (χ1v) is 5.69. The summed E-state index contributed by atoms with van der Waals surface area (Å²) in [6.45, 7) is 13.4. The van der Waals surface area contributed by atoms with Crippen LogP contribution in [-0.4, -0.2) is 4.87 Å². The molecule has 0 radical (unpaired) electrons. The van der Waals surface area contributed by atoms with Crippen LogP contribution in [-0.2, 0) is 0 Å². The van der Waals surface area contributed by atoms with Gasteiger partial charge in [-0.15, -0.1) is 11.6 Å². The molecule has 0 aliphatic rings. The van der Waals surface area contributed by atoms with E-state index < -0.39 is 0 Å². The minimum absolute atomic E-state index is 0.0114. The molecule has 0 spiro atoms. The molecule has 0 N–H and O–H groups in total. The van der Waals surface area contributed by atoms with Crippen molar-refractivity contribution in [1.29, 1.82) is 0 Å². The van der Waals surface area contributed by atoms with Crippen LogP contribution in [0.2, 0.25) is 0 Å². The molecule has 0 heterocycles. The molecule has 0 nitrogen and oxygen atoms in total. The summed E-state index contributed by atoms with van der Waals surface area (Å²) in [4.78, 5) is -0.0114. The Morgan fingerprint density at radius 3 is 1.85 bits per heavy atom. The molecule has 0 rings (SSSR count). The predicted octanol–water partition coefficient (Wildman–Crippen LogP) is 4.86.